The Balaban J connectivity index is 2.25. The molecule has 0 bridgehead atoms. The molecule has 1 aliphatic carbocycles. The Kier molecular flexibility index (Phi) is 4.08. The molecule has 0 aliphatic heterocycles. The van der Waals surface area contributed by atoms with Crippen molar-refractivity contribution in [1.82, 2.24) is 5.32 Å². The van der Waals surface area contributed by atoms with Gasteiger partial charge in [0, 0.05) is 12.1 Å². The van der Waals surface area contributed by atoms with E-state index in [-0.39, 0.29) is 18.1 Å². The van der Waals surface area contributed by atoms with Crippen LogP contribution in [0.15, 0.2) is 24.3 Å². The average molecular weight is 247 g/mol. The first-order valence-corrected chi connectivity index (χ1v) is 7.05. The zero-order valence-corrected chi connectivity index (χ0v) is 11.7. The Morgan fingerprint density at radius 1 is 1.39 bits per heavy atom. The van der Waals surface area contributed by atoms with Gasteiger partial charge in [0.05, 0.1) is 6.61 Å². The molecular weight excluding hydrogens is 222 g/mol. The Morgan fingerprint density at radius 3 is 2.78 bits per heavy atom. The lowest BCUT2D eigenvalue weighted by molar-refractivity contribution is 0.218. The fourth-order valence-electron chi connectivity index (χ4n) is 2.97. The molecule has 18 heavy (non-hydrogen) atoms. The van der Waals surface area contributed by atoms with E-state index >= 15 is 0 Å². The first kappa shape index (κ1) is 13.6. The number of nitrogens with one attached hydrogen (secondary N) is 1. The fraction of sp³-hybridized carbons (Fsp3) is 0.625. The second-order valence-electron chi connectivity index (χ2n) is 6.02. The van der Waals surface area contributed by atoms with Crippen molar-refractivity contribution in [1.29, 1.82) is 0 Å². The molecule has 0 saturated carbocycles. The summed E-state index contributed by atoms with van der Waals surface area (Å²) in [6.07, 6.45) is 3.32. The highest BCUT2D eigenvalue weighted by molar-refractivity contribution is 5.38. The lowest BCUT2D eigenvalue weighted by atomic mass is 9.71. The first-order chi connectivity index (χ1) is 8.58. The average Bonchev–Trinajstić information content (AvgIpc) is 2.38. The summed E-state index contributed by atoms with van der Waals surface area (Å²) in [5.41, 5.74) is 3.15. The van der Waals surface area contributed by atoms with Crippen LogP contribution in [0.1, 0.15) is 57.2 Å². The number of rotatable bonds is 4. The molecule has 0 saturated heterocycles. The van der Waals surface area contributed by atoms with E-state index in [1.165, 1.54) is 17.5 Å². The van der Waals surface area contributed by atoms with E-state index in [9.17, 15) is 5.11 Å². The largest absolute Gasteiger partial charge is 0.395 e. The van der Waals surface area contributed by atoms with E-state index in [0.29, 0.717) is 6.04 Å². The molecule has 2 atom stereocenters. The Morgan fingerprint density at radius 2 is 2.11 bits per heavy atom. The summed E-state index contributed by atoms with van der Waals surface area (Å²) in [4.78, 5) is 0. The molecule has 100 valence electrons. The highest BCUT2D eigenvalue weighted by Gasteiger charge is 2.32. The second-order valence-corrected chi connectivity index (χ2v) is 6.02. The molecule has 2 nitrogen and oxygen atoms in total. The highest BCUT2D eigenvalue weighted by atomic mass is 16.3. The van der Waals surface area contributed by atoms with E-state index in [1.807, 2.05) is 0 Å². The third-order valence-electron chi connectivity index (χ3n) is 4.27. The number of hydrogen-bond donors (Lipinski definition) is 2. The molecule has 2 heteroatoms. The maximum Gasteiger partial charge on any atom is 0.0584 e. The predicted octanol–water partition coefficient (Wildman–Crippen LogP) is 3.16. The smallest absolute Gasteiger partial charge is 0.0584 e. The molecular formula is C16H25NO. The molecule has 2 rings (SSSR count). The van der Waals surface area contributed by atoms with Crippen LogP contribution in [-0.2, 0) is 5.41 Å². The zero-order chi connectivity index (χ0) is 13.2. The quantitative estimate of drug-likeness (QED) is 0.856. The lowest BCUT2D eigenvalue weighted by Gasteiger charge is -2.38. The Labute approximate surface area is 110 Å². The van der Waals surface area contributed by atoms with Crippen molar-refractivity contribution < 1.29 is 5.11 Å². The van der Waals surface area contributed by atoms with Crippen LogP contribution in [0, 0.1) is 0 Å². The summed E-state index contributed by atoms with van der Waals surface area (Å²) in [5, 5.41) is 12.9. The standard InChI is InChI=1S/C16H25NO/c1-4-12(11-18)17-15-9-10-16(2,3)14-8-6-5-7-13(14)15/h5-8,12,15,17-18H,4,9-11H2,1-3H3. The minimum atomic E-state index is 0.212. The van der Waals surface area contributed by atoms with Gasteiger partial charge in [-0.1, -0.05) is 45.0 Å². The van der Waals surface area contributed by atoms with E-state index < -0.39 is 0 Å². The van der Waals surface area contributed by atoms with Crippen molar-refractivity contribution >= 4 is 0 Å². The van der Waals surface area contributed by atoms with Gasteiger partial charge in [0.25, 0.3) is 0 Å². The summed E-state index contributed by atoms with van der Waals surface area (Å²) < 4.78 is 0. The summed E-state index contributed by atoms with van der Waals surface area (Å²) in [7, 11) is 0. The topological polar surface area (TPSA) is 32.3 Å². The Bertz CT molecular complexity index is 396. The third kappa shape index (κ3) is 2.60. The van der Waals surface area contributed by atoms with E-state index in [1.54, 1.807) is 0 Å². The van der Waals surface area contributed by atoms with Crippen LogP contribution < -0.4 is 5.32 Å². The fourth-order valence-corrected chi connectivity index (χ4v) is 2.97. The van der Waals surface area contributed by atoms with E-state index in [4.69, 9.17) is 0 Å². The van der Waals surface area contributed by atoms with Crippen LogP contribution >= 0.6 is 0 Å². The summed E-state index contributed by atoms with van der Waals surface area (Å²) in [6.45, 7) is 6.99. The first-order valence-electron chi connectivity index (χ1n) is 7.05. The van der Waals surface area contributed by atoms with Gasteiger partial charge < -0.3 is 10.4 Å². The molecule has 1 aromatic rings. The van der Waals surface area contributed by atoms with Gasteiger partial charge in [0.2, 0.25) is 0 Å². The second kappa shape index (κ2) is 5.41. The molecule has 0 aromatic heterocycles. The van der Waals surface area contributed by atoms with Gasteiger partial charge in [-0.3, -0.25) is 0 Å². The molecule has 0 radical (unpaired) electrons. The maximum atomic E-state index is 9.34. The van der Waals surface area contributed by atoms with Crippen LogP contribution in [0.25, 0.3) is 0 Å². The van der Waals surface area contributed by atoms with Gasteiger partial charge in [-0.2, -0.15) is 0 Å². The number of fused-ring (bicyclic) bond motifs is 1. The van der Waals surface area contributed by atoms with Crippen molar-refractivity contribution in [3.8, 4) is 0 Å². The molecule has 0 spiro atoms. The third-order valence-corrected chi connectivity index (χ3v) is 4.27. The van der Waals surface area contributed by atoms with Crippen LogP contribution in [0.4, 0.5) is 0 Å². The minimum absolute atomic E-state index is 0.212. The van der Waals surface area contributed by atoms with Crippen molar-refractivity contribution in [2.24, 2.45) is 0 Å². The molecule has 1 aromatic carbocycles. The summed E-state index contributed by atoms with van der Waals surface area (Å²) in [6, 6.07) is 9.35. The predicted molar refractivity (Wildman–Crippen MR) is 75.7 cm³/mol. The van der Waals surface area contributed by atoms with Crippen molar-refractivity contribution in [3.63, 3.8) is 0 Å². The monoisotopic (exact) mass is 247 g/mol. The molecule has 0 heterocycles. The molecule has 2 unspecified atom stereocenters. The molecule has 0 amide bonds. The van der Waals surface area contributed by atoms with Crippen LogP contribution in [-0.4, -0.2) is 17.8 Å². The molecule has 0 fully saturated rings. The van der Waals surface area contributed by atoms with Gasteiger partial charge in [0.15, 0.2) is 0 Å². The number of benzene rings is 1. The lowest BCUT2D eigenvalue weighted by Crippen LogP contribution is -2.39. The van der Waals surface area contributed by atoms with Crippen molar-refractivity contribution in [2.45, 2.75) is 57.5 Å². The van der Waals surface area contributed by atoms with E-state index in [2.05, 4.69) is 50.4 Å². The zero-order valence-electron chi connectivity index (χ0n) is 11.7. The van der Waals surface area contributed by atoms with Crippen LogP contribution in [0.3, 0.4) is 0 Å². The van der Waals surface area contributed by atoms with Gasteiger partial charge in [-0.25, -0.2) is 0 Å². The van der Waals surface area contributed by atoms with Crippen LogP contribution in [0.2, 0.25) is 0 Å². The van der Waals surface area contributed by atoms with Crippen molar-refractivity contribution in [3.05, 3.63) is 35.4 Å². The van der Waals surface area contributed by atoms with Gasteiger partial charge in [-0.15, -0.1) is 0 Å². The minimum Gasteiger partial charge on any atom is -0.395 e. The SMILES string of the molecule is CCC(CO)NC1CCC(C)(C)c2ccccc21. The number of hydrogen-bond acceptors (Lipinski definition) is 2. The van der Waals surface area contributed by atoms with Crippen molar-refractivity contribution in [2.75, 3.05) is 6.61 Å². The summed E-state index contributed by atoms with van der Waals surface area (Å²) >= 11 is 0. The van der Waals surface area contributed by atoms with Gasteiger partial charge in [0.1, 0.15) is 0 Å². The number of aliphatic hydroxyl groups is 1. The van der Waals surface area contributed by atoms with Gasteiger partial charge in [-0.05, 0) is 35.8 Å². The normalized spacial score (nSPS) is 23.4. The van der Waals surface area contributed by atoms with Crippen LogP contribution in [0.5, 0.6) is 0 Å². The maximum absolute atomic E-state index is 9.34. The Hall–Kier alpha value is -0.860. The molecule has 1 aliphatic rings. The summed E-state index contributed by atoms with van der Waals surface area (Å²) in [5.74, 6) is 0. The van der Waals surface area contributed by atoms with E-state index in [0.717, 1.165) is 12.8 Å². The molecule has 2 N–H and O–H groups in total. The van der Waals surface area contributed by atoms with Gasteiger partial charge >= 0.3 is 0 Å². The number of aliphatic hydroxyl groups excluding tert-OH is 1. The highest BCUT2D eigenvalue weighted by Crippen LogP contribution is 2.41.